The molecular formula is C21H19F3N2O4S2. The quantitative estimate of drug-likeness (QED) is 0.480. The zero-order valence-corrected chi connectivity index (χ0v) is 18.4. The van der Waals surface area contributed by atoms with Crippen molar-refractivity contribution in [3.8, 4) is 5.75 Å². The maximum atomic E-state index is 13.3. The van der Waals surface area contributed by atoms with E-state index in [9.17, 15) is 26.4 Å². The van der Waals surface area contributed by atoms with Crippen LogP contribution in [-0.2, 0) is 10.0 Å². The van der Waals surface area contributed by atoms with Crippen molar-refractivity contribution in [3.05, 3.63) is 70.9 Å². The second-order valence-corrected chi connectivity index (χ2v) is 9.31. The Morgan fingerprint density at radius 1 is 1.09 bits per heavy atom. The third kappa shape index (κ3) is 5.60. The van der Waals surface area contributed by atoms with Crippen LogP contribution in [0.4, 0.5) is 24.5 Å². The molecule has 0 radical (unpaired) electrons. The number of para-hydroxylation sites is 1. The SMILES string of the molecule is CCN(c1ccccc1)S(=O)(=O)c1ccc(OCC(F)(F)F)c(NC(=O)c2cccs2)c1. The fourth-order valence-corrected chi connectivity index (χ4v) is 4.98. The molecule has 1 amide bonds. The van der Waals surface area contributed by atoms with Gasteiger partial charge in [-0.05, 0) is 48.7 Å². The van der Waals surface area contributed by atoms with E-state index in [0.29, 0.717) is 10.6 Å². The average Bonchev–Trinajstić information content (AvgIpc) is 3.28. The second kappa shape index (κ2) is 9.61. The lowest BCUT2D eigenvalue weighted by atomic mass is 10.3. The van der Waals surface area contributed by atoms with Gasteiger partial charge in [-0.2, -0.15) is 13.2 Å². The summed E-state index contributed by atoms with van der Waals surface area (Å²) in [7, 11) is -4.07. The van der Waals surface area contributed by atoms with E-state index in [1.807, 2.05) is 0 Å². The number of hydrogen-bond acceptors (Lipinski definition) is 5. The molecule has 0 aliphatic rings. The number of hydrogen-bond donors (Lipinski definition) is 1. The van der Waals surface area contributed by atoms with Crippen molar-refractivity contribution in [3.63, 3.8) is 0 Å². The number of benzene rings is 2. The number of thiophene rings is 1. The minimum atomic E-state index is -4.61. The van der Waals surface area contributed by atoms with Gasteiger partial charge in [0.2, 0.25) is 0 Å². The van der Waals surface area contributed by atoms with Crippen molar-refractivity contribution in [2.24, 2.45) is 0 Å². The van der Waals surface area contributed by atoms with Gasteiger partial charge in [-0.25, -0.2) is 8.42 Å². The van der Waals surface area contributed by atoms with E-state index < -0.39 is 28.7 Å². The van der Waals surface area contributed by atoms with Crippen molar-refractivity contribution in [2.75, 3.05) is 22.8 Å². The first-order valence-electron chi connectivity index (χ1n) is 9.38. The summed E-state index contributed by atoms with van der Waals surface area (Å²) in [5.74, 6) is -0.893. The number of carbonyl (C=O) groups is 1. The molecule has 1 aromatic heterocycles. The van der Waals surface area contributed by atoms with Crippen LogP contribution in [0.1, 0.15) is 16.6 Å². The molecule has 0 saturated carbocycles. The lowest BCUT2D eigenvalue weighted by Gasteiger charge is -2.23. The van der Waals surface area contributed by atoms with Crippen LogP contribution < -0.4 is 14.4 Å². The number of nitrogens with one attached hydrogen (secondary N) is 1. The lowest BCUT2D eigenvalue weighted by molar-refractivity contribution is -0.153. The summed E-state index contributed by atoms with van der Waals surface area (Å²) < 4.78 is 70.4. The molecule has 2 aromatic carbocycles. The second-order valence-electron chi connectivity index (χ2n) is 6.50. The number of anilines is 2. The summed E-state index contributed by atoms with van der Waals surface area (Å²) in [6.07, 6.45) is -4.61. The third-order valence-electron chi connectivity index (χ3n) is 4.25. The molecule has 3 rings (SSSR count). The van der Waals surface area contributed by atoms with Crippen LogP contribution in [0.15, 0.2) is 70.9 Å². The molecule has 11 heteroatoms. The number of sulfonamides is 1. The summed E-state index contributed by atoms with van der Waals surface area (Å²) in [6.45, 7) is 0.187. The van der Waals surface area contributed by atoms with Crippen molar-refractivity contribution in [1.82, 2.24) is 0 Å². The Balaban J connectivity index is 2.00. The monoisotopic (exact) mass is 484 g/mol. The first-order valence-corrected chi connectivity index (χ1v) is 11.7. The van der Waals surface area contributed by atoms with E-state index >= 15 is 0 Å². The summed E-state index contributed by atoms with van der Waals surface area (Å²) in [4.78, 5) is 12.6. The molecule has 32 heavy (non-hydrogen) atoms. The first kappa shape index (κ1) is 23.6. The van der Waals surface area contributed by atoms with E-state index in [0.717, 1.165) is 33.8 Å². The normalized spacial score (nSPS) is 11.8. The molecule has 0 bridgehead atoms. The van der Waals surface area contributed by atoms with Crippen molar-refractivity contribution < 1.29 is 31.1 Å². The van der Waals surface area contributed by atoms with Gasteiger partial charge in [-0.15, -0.1) is 11.3 Å². The number of rotatable bonds is 8. The summed E-state index contributed by atoms with van der Waals surface area (Å²) in [5.41, 5.74) is 0.245. The maximum Gasteiger partial charge on any atom is 0.422 e. The van der Waals surface area contributed by atoms with Crippen LogP contribution in [0.3, 0.4) is 0 Å². The molecule has 0 saturated heterocycles. The lowest BCUT2D eigenvalue weighted by Crippen LogP contribution is -2.30. The smallest absolute Gasteiger partial charge is 0.422 e. The Hall–Kier alpha value is -3.05. The largest absolute Gasteiger partial charge is 0.482 e. The van der Waals surface area contributed by atoms with Crippen molar-refractivity contribution in [1.29, 1.82) is 0 Å². The molecule has 170 valence electrons. The Kier molecular flexibility index (Phi) is 7.09. The number of nitrogens with zero attached hydrogens (tertiary/aromatic N) is 1. The highest BCUT2D eigenvalue weighted by atomic mass is 32.2. The maximum absolute atomic E-state index is 13.3. The zero-order chi connectivity index (χ0) is 23.4. The molecule has 1 heterocycles. The molecule has 0 spiro atoms. The summed E-state index contributed by atoms with van der Waals surface area (Å²) in [6, 6.07) is 14.9. The molecular weight excluding hydrogens is 465 g/mol. The van der Waals surface area contributed by atoms with Crippen LogP contribution in [-0.4, -0.2) is 33.7 Å². The van der Waals surface area contributed by atoms with Gasteiger partial charge in [0, 0.05) is 6.54 Å². The highest BCUT2D eigenvalue weighted by molar-refractivity contribution is 7.92. The zero-order valence-electron chi connectivity index (χ0n) is 16.8. The van der Waals surface area contributed by atoms with Gasteiger partial charge in [-0.1, -0.05) is 24.3 Å². The predicted molar refractivity (Wildman–Crippen MR) is 117 cm³/mol. The van der Waals surface area contributed by atoms with Crippen LogP contribution in [0.25, 0.3) is 0 Å². The van der Waals surface area contributed by atoms with Gasteiger partial charge >= 0.3 is 6.18 Å². The molecule has 3 aromatic rings. The molecule has 0 aliphatic heterocycles. The van der Waals surface area contributed by atoms with Gasteiger partial charge in [0.05, 0.1) is 21.1 Å². The van der Waals surface area contributed by atoms with Gasteiger partial charge in [-0.3, -0.25) is 9.10 Å². The van der Waals surface area contributed by atoms with E-state index in [2.05, 4.69) is 5.32 Å². The molecule has 6 nitrogen and oxygen atoms in total. The van der Waals surface area contributed by atoms with Crippen LogP contribution in [0.5, 0.6) is 5.75 Å². The van der Waals surface area contributed by atoms with Gasteiger partial charge in [0.25, 0.3) is 15.9 Å². The van der Waals surface area contributed by atoms with E-state index in [1.165, 1.54) is 6.07 Å². The minimum absolute atomic E-state index is 0.121. The van der Waals surface area contributed by atoms with Crippen molar-refractivity contribution in [2.45, 2.75) is 18.0 Å². The topological polar surface area (TPSA) is 75.7 Å². The highest BCUT2D eigenvalue weighted by Gasteiger charge is 2.30. The summed E-state index contributed by atoms with van der Waals surface area (Å²) in [5, 5.41) is 4.12. The Morgan fingerprint density at radius 2 is 1.81 bits per heavy atom. The average molecular weight is 485 g/mol. The van der Waals surface area contributed by atoms with E-state index in [4.69, 9.17) is 4.74 Å². The Bertz CT molecular complexity index is 1170. The van der Waals surface area contributed by atoms with Crippen LogP contribution in [0.2, 0.25) is 0 Å². The summed E-state index contributed by atoms with van der Waals surface area (Å²) >= 11 is 1.13. The standard InChI is InChI=1S/C21H19F3N2O4S2/c1-2-26(15-7-4-3-5-8-15)32(28,29)16-10-11-18(30-14-21(22,23)24)17(13-16)25-20(27)19-9-6-12-31-19/h3-13H,2,14H2,1H3,(H,25,27). The van der Waals surface area contributed by atoms with Crippen LogP contribution >= 0.6 is 11.3 Å². The van der Waals surface area contributed by atoms with E-state index in [-0.39, 0.29) is 22.9 Å². The number of alkyl halides is 3. The molecule has 0 unspecified atom stereocenters. The van der Waals surface area contributed by atoms with Gasteiger partial charge in [0.1, 0.15) is 5.75 Å². The van der Waals surface area contributed by atoms with Crippen LogP contribution in [0, 0.1) is 0 Å². The number of amides is 1. The Morgan fingerprint density at radius 3 is 2.41 bits per heavy atom. The Labute approximate surface area is 187 Å². The molecule has 0 aliphatic carbocycles. The fraction of sp³-hybridized carbons (Fsp3) is 0.190. The van der Waals surface area contributed by atoms with E-state index in [1.54, 1.807) is 48.7 Å². The minimum Gasteiger partial charge on any atom is -0.482 e. The molecule has 1 N–H and O–H groups in total. The first-order chi connectivity index (χ1) is 15.1. The fourth-order valence-electron chi connectivity index (χ4n) is 2.86. The highest BCUT2D eigenvalue weighted by Crippen LogP contribution is 2.32. The number of carbonyl (C=O) groups excluding carboxylic acids is 1. The van der Waals surface area contributed by atoms with Crippen molar-refractivity contribution >= 4 is 38.6 Å². The molecule has 0 fully saturated rings. The predicted octanol–water partition coefficient (Wildman–Crippen LogP) is 5.16. The number of halogens is 3. The number of ether oxygens (including phenoxy) is 1. The molecule has 0 atom stereocenters. The van der Waals surface area contributed by atoms with Gasteiger partial charge < -0.3 is 10.1 Å². The third-order valence-corrected chi connectivity index (χ3v) is 7.02. The van der Waals surface area contributed by atoms with Gasteiger partial charge in [0.15, 0.2) is 6.61 Å².